The zero-order valence-electron chi connectivity index (χ0n) is 9.27. The van der Waals surface area contributed by atoms with E-state index < -0.39 is 0 Å². The van der Waals surface area contributed by atoms with E-state index >= 15 is 0 Å². The standard InChI is InChI=1S/C10H16N4O/c1-6-7(5-13(2)12-6)10-8(11)4-9(15)14(10)3/h5,8,10H,4,11H2,1-3H3. The van der Waals surface area contributed by atoms with Gasteiger partial charge >= 0.3 is 0 Å². The average Bonchev–Trinajstić information content (AvgIpc) is 2.56. The van der Waals surface area contributed by atoms with Crippen molar-refractivity contribution in [3.8, 4) is 0 Å². The maximum absolute atomic E-state index is 11.5. The third-order valence-electron chi connectivity index (χ3n) is 3.00. The van der Waals surface area contributed by atoms with Crippen LogP contribution in [0.15, 0.2) is 6.20 Å². The highest BCUT2D eigenvalue weighted by Gasteiger charge is 2.37. The quantitative estimate of drug-likeness (QED) is 0.704. The van der Waals surface area contributed by atoms with Crippen molar-refractivity contribution < 1.29 is 4.79 Å². The zero-order valence-corrected chi connectivity index (χ0v) is 9.27. The molecular formula is C10H16N4O. The average molecular weight is 208 g/mol. The molecule has 0 aliphatic carbocycles. The second-order valence-corrected chi connectivity index (χ2v) is 4.16. The molecule has 1 saturated heterocycles. The van der Waals surface area contributed by atoms with E-state index in [-0.39, 0.29) is 18.0 Å². The summed E-state index contributed by atoms with van der Waals surface area (Å²) in [6.45, 7) is 1.94. The summed E-state index contributed by atoms with van der Waals surface area (Å²) in [5.41, 5.74) is 7.97. The van der Waals surface area contributed by atoms with Gasteiger partial charge in [-0.2, -0.15) is 5.10 Å². The van der Waals surface area contributed by atoms with E-state index in [2.05, 4.69) is 5.10 Å². The van der Waals surface area contributed by atoms with Crippen LogP contribution in [0.5, 0.6) is 0 Å². The molecule has 5 heteroatoms. The minimum Gasteiger partial charge on any atom is -0.337 e. The molecule has 0 spiro atoms. The first-order chi connectivity index (χ1) is 7.00. The number of nitrogens with zero attached hydrogens (tertiary/aromatic N) is 3. The number of carbonyl (C=O) groups is 1. The first kappa shape index (κ1) is 10.2. The van der Waals surface area contributed by atoms with Crippen molar-refractivity contribution >= 4 is 5.91 Å². The molecule has 2 N–H and O–H groups in total. The van der Waals surface area contributed by atoms with Crippen LogP contribution < -0.4 is 5.73 Å². The number of aromatic nitrogens is 2. The van der Waals surface area contributed by atoms with Crippen LogP contribution in [0.1, 0.15) is 23.7 Å². The molecule has 2 atom stereocenters. The van der Waals surface area contributed by atoms with Gasteiger partial charge in [0.2, 0.25) is 5.91 Å². The molecule has 82 valence electrons. The summed E-state index contributed by atoms with van der Waals surface area (Å²) in [6, 6.07) is -0.142. The van der Waals surface area contributed by atoms with Gasteiger partial charge in [0.05, 0.1) is 11.7 Å². The third kappa shape index (κ3) is 1.52. The number of rotatable bonds is 1. The van der Waals surface area contributed by atoms with Crippen LogP contribution in [0, 0.1) is 6.92 Å². The van der Waals surface area contributed by atoms with Crippen molar-refractivity contribution in [2.75, 3.05) is 7.05 Å². The van der Waals surface area contributed by atoms with E-state index in [1.165, 1.54) is 0 Å². The topological polar surface area (TPSA) is 64.2 Å². The van der Waals surface area contributed by atoms with Crippen LogP contribution in [0.3, 0.4) is 0 Å². The van der Waals surface area contributed by atoms with Crippen molar-refractivity contribution in [3.05, 3.63) is 17.5 Å². The van der Waals surface area contributed by atoms with E-state index in [4.69, 9.17) is 5.73 Å². The summed E-state index contributed by atoms with van der Waals surface area (Å²) >= 11 is 0. The highest BCUT2D eigenvalue weighted by molar-refractivity contribution is 5.80. The fourth-order valence-electron chi connectivity index (χ4n) is 2.25. The number of hydrogen-bond acceptors (Lipinski definition) is 3. The summed E-state index contributed by atoms with van der Waals surface area (Å²) in [7, 11) is 3.67. The molecule has 1 fully saturated rings. The Morgan fingerprint density at radius 3 is 2.60 bits per heavy atom. The summed E-state index contributed by atoms with van der Waals surface area (Å²) in [5.74, 6) is 0.107. The monoisotopic (exact) mass is 208 g/mol. The van der Waals surface area contributed by atoms with Crippen LogP contribution in [-0.2, 0) is 11.8 Å². The summed E-state index contributed by atoms with van der Waals surface area (Å²) < 4.78 is 1.76. The minimum absolute atomic E-state index is 0.0220. The summed E-state index contributed by atoms with van der Waals surface area (Å²) in [6.07, 6.45) is 2.37. The molecule has 1 aromatic rings. The lowest BCUT2D eigenvalue weighted by molar-refractivity contribution is -0.127. The molecule has 1 aliphatic rings. The first-order valence-corrected chi connectivity index (χ1v) is 5.02. The number of hydrogen-bond donors (Lipinski definition) is 1. The smallest absolute Gasteiger partial charge is 0.224 e. The SMILES string of the molecule is Cc1nn(C)cc1C1C(N)CC(=O)N1C. The second kappa shape index (κ2) is 3.34. The lowest BCUT2D eigenvalue weighted by Gasteiger charge is -2.22. The molecule has 2 rings (SSSR count). The predicted molar refractivity (Wildman–Crippen MR) is 56.0 cm³/mol. The van der Waals surface area contributed by atoms with Crippen LogP contribution >= 0.6 is 0 Å². The number of amides is 1. The van der Waals surface area contributed by atoms with E-state index in [0.29, 0.717) is 6.42 Å². The van der Waals surface area contributed by atoms with Gasteiger partial charge in [0.25, 0.3) is 0 Å². The van der Waals surface area contributed by atoms with Crippen molar-refractivity contribution in [1.82, 2.24) is 14.7 Å². The van der Waals surface area contributed by atoms with Crippen molar-refractivity contribution in [2.45, 2.75) is 25.4 Å². The summed E-state index contributed by atoms with van der Waals surface area (Å²) in [4.78, 5) is 13.2. The molecule has 0 saturated carbocycles. The number of nitrogens with two attached hydrogens (primary N) is 1. The molecule has 2 unspecified atom stereocenters. The normalized spacial score (nSPS) is 26.4. The largest absolute Gasteiger partial charge is 0.337 e. The van der Waals surface area contributed by atoms with Crippen LogP contribution in [0.4, 0.5) is 0 Å². The number of likely N-dealkylation sites (tertiary alicyclic amines) is 1. The lowest BCUT2D eigenvalue weighted by Crippen LogP contribution is -2.30. The first-order valence-electron chi connectivity index (χ1n) is 5.02. The molecule has 0 radical (unpaired) electrons. The Morgan fingerprint density at radius 1 is 1.53 bits per heavy atom. The van der Waals surface area contributed by atoms with Gasteiger partial charge in [-0.05, 0) is 6.92 Å². The Kier molecular flexibility index (Phi) is 2.26. The van der Waals surface area contributed by atoms with E-state index in [0.717, 1.165) is 11.3 Å². The molecule has 5 nitrogen and oxygen atoms in total. The van der Waals surface area contributed by atoms with Crippen molar-refractivity contribution in [2.24, 2.45) is 12.8 Å². The molecule has 15 heavy (non-hydrogen) atoms. The van der Waals surface area contributed by atoms with Gasteiger partial charge in [0, 0.05) is 38.3 Å². The Bertz CT molecular complexity index is 398. The highest BCUT2D eigenvalue weighted by Crippen LogP contribution is 2.31. The van der Waals surface area contributed by atoms with Crippen LogP contribution in [0.25, 0.3) is 0 Å². The predicted octanol–water partition coefficient (Wildman–Crippen LogP) is -0.0410. The van der Waals surface area contributed by atoms with Gasteiger partial charge in [0.15, 0.2) is 0 Å². The molecule has 1 aromatic heterocycles. The molecule has 0 aromatic carbocycles. The van der Waals surface area contributed by atoms with Crippen LogP contribution in [-0.4, -0.2) is 33.7 Å². The number of carbonyl (C=O) groups excluding carboxylic acids is 1. The van der Waals surface area contributed by atoms with Gasteiger partial charge in [-0.3, -0.25) is 9.48 Å². The van der Waals surface area contributed by atoms with Gasteiger partial charge in [-0.1, -0.05) is 0 Å². The summed E-state index contributed by atoms with van der Waals surface area (Å²) in [5, 5.41) is 4.27. The fraction of sp³-hybridized carbons (Fsp3) is 0.600. The second-order valence-electron chi connectivity index (χ2n) is 4.16. The molecular weight excluding hydrogens is 192 g/mol. The maximum atomic E-state index is 11.5. The molecule has 0 bridgehead atoms. The minimum atomic E-state index is -0.120. The van der Waals surface area contributed by atoms with E-state index in [1.807, 2.05) is 20.2 Å². The van der Waals surface area contributed by atoms with Crippen molar-refractivity contribution in [1.29, 1.82) is 0 Å². The van der Waals surface area contributed by atoms with E-state index in [1.54, 1.807) is 16.6 Å². The van der Waals surface area contributed by atoms with Gasteiger partial charge in [-0.25, -0.2) is 0 Å². The molecule has 1 aliphatic heterocycles. The van der Waals surface area contributed by atoms with Crippen LogP contribution in [0.2, 0.25) is 0 Å². The highest BCUT2D eigenvalue weighted by atomic mass is 16.2. The maximum Gasteiger partial charge on any atom is 0.224 e. The van der Waals surface area contributed by atoms with Crippen molar-refractivity contribution in [3.63, 3.8) is 0 Å². The number of aryl methyl sites for hydroxylation is 2. The zero-order chi connectivity index (χ0) is 11.2. The lowest BCUT2D eigenvalue weighted by atomic mass is 10.0. The van der Waals surface area contributed by atoms with Gasteiger partial charge in [0.1, 0.15) is 0 Å². The molecule has 2 heterocycles. The molecule has 1 amide bonds. The fourth-order valence-corrected chi connectivity index (χ4v) is 2.25. The number of likely N-dealkylation sites (N-methyl/N-ethyl adjacent to an activating group) is 1. The Morgan fingerprint density at radius 2 is 2.20 bits per heavy atom. The Balaban J connectivity index is 2.38. The van der Waals surface area contributed by atoms with Gasteiger partial charge < -0.3 is 10.6 Å². The Hall–Kier alpha value is -1.36. The van der Waals surface area contributed by atoms with Gasteiger partial charge in [-0.15, -0.1) is 0 Å². The Labute approximate surface area is 88.8 Å². The third-order valence-corrected chi connectivity index (χ3v) is 3.00. The van der Waals surface area contributed by atoms with E-state index in [9.17, 15) is 4.79 Å².